The lowest BCUT2D eigenvalue weighted by atomic mass is 9.97. The Labute approximate surface area is 368 Å². The number of aromatic nitrogens is 9. The molecular formula is C44H49N17O3. The number of fused-ring (bicyclic) bond motifs is 3. The number of piperazine rings is 2. The van der Waals surface area contributed by atoms with Gasteiger partial charge in [0.15, 0.2) is 11.2 Å². The van der Waals surface area contributed by atoms with Gasteiger partial charge in [-0.15, -0.1) is 0 Å². The summed E-state index contributed by atoms with van der Waals surface area (Å²) in [4.78, 5) is 68.3. The zero-order chi connectivity index (χ0) is 43.7. The fourth-order valence-corrected chi connectivity index (χ4v) is 8.82. The third-order valence-electron chi connectivity index (χ3n) is 12.4. The van der Waals surface area contributed by atoms with E-state index in [1.165, 1.54) is 11.9 Å². The van der Waals surface area contributed by atoms with Crippen LogP contribution >= 0.6 is 0 Å². The van der Waals surface area contributed by atoms with Gasteiger partial charge in [-0.25, -0.2) is 34.6 Å². The molecule has 0 atom stereocenters. The summed E-state index contributed by atoms with van der Waals surface area (Å²) < 4.78 is 7.29. The molecule has 64 heavy (non-hydrogen) atoms. The molecule has 0 unspecified atom stereocenters. The Morgan fingerprint density at radius 3 is 2.22 bits per heavy atom. The summed E-state index contributed by atoms with van der Waals surface area (Å²) in [6.45, 7) is 8.85. The number of rotatable bonds is 11. The highest BCUT2D eigenvalue weighted by Gasteiger charge is 2.26. The molecular weight excluding hydrogens is 815 g/mol. The number of amides is 2. The van der Waals surface area contributed by atoms with Gasteiger partial charge in [0.05, 0.1) is 17.5 Å². The topological polar surface area (TPSA) is 250 Å². The molecule has 10 rings (SSSR count). The van der Waals surface area contributed by atoms with E-state index in [4.69, 9.17) is 26.7 Å². The van der Waals surface area contributed by atoms with Gasteiger partial charge in [0.1, 0.15) is 23.4 Å². The predicted octanol–water partition coefficient (Wildman–Crippen LogP) is 2.34. The molecule has 5 aromatic heterocycles. The molecule has 0 radical (unpaired) electrons. The first-order chi connectivity index (χ1) is 31.3. The average Bonchev–Trinajstić information content (AvgIpc) is 3.91. The molecule has 0 saturated carbocycles. The van der Waals surface area contributed by atoms with E-state index in [-0.39, 0.29) is 17.8 Å². The van der Waals surface area contributed by atoms with Gasteiger partial charge in [-0.05, 0) is 54.3 Å². The lowest BCUT2D eigenvalue weighted by Gasteiger charge is -2.36. The molecule has 7 aromatic rings. The number of nitrogens with two attached hydrogens (primary N) is 3. The minimum atomic E-state index is -0.0894. The van der Waals surface area contributed by atoms with Crippen molar-refractivity contribution < 1.29 is 14.0 Å². The van der Waals surface area contributed by atoms with E-state index in [0.29, 0.717) is 116 Å². The maximum atomic E-state index is 13.7. The standard InChI is InChI=1S/C44H49N17O3/c45-20-29-21-48-43(49-22-29)59-16-14-57(15-17-59)36(62)2-1-8-56-10-12-58(13-11-56)44-50-23-33(24-51-44)41(63)60-9-7-30-18-28(3-4-32(30)26-60)25-61-40-37(39(46)52-27-53-40)38(55-61)31-5-6-35-34(19-31)54-42(47)64-35/h3-6,18-19,21-24,27H,1-2,7-17,20,25-26,45H2,(H2,47,54)(H2,46,52,53). The van der Waals surface area contributed by atoms with Crippen LogP contribution in [0.1, 0.15) is 45.5 Å². The molecule has 2 saturated heterocycles. The Balaban J connectivity index is 0.694. The zero-order valence-corrected chi connectivity index (χ0v) is 35.4. The molecule has 2 amide bonds. The predicted molar refractivity (Wildman–Crippen MR) is 240 cm³/mol. The van der Waals surface area contributed by atoms with Crippen molar-refractivity contribution in [3.8, 4) is 11.3 Å². The fourth-order valence-electron chi connectivity index (χ4n) is 8.82. The van der Waals surface area contributed by atoms with Gasteiger partial charge in [0.25, 0.3) is 11.9 Å². The maximum absolute atomic E-state index is 13.7. The summed E-state index contributed by atoms with van der Waals surface area (Å²) >= 11 is 0. The molecule has 328 valence electrons. The van der Waals surface area contributed by atoms with Gasteiger partial charge >= 0.3 is 0 Å². The van der Waals surface area contributed by atoms with E-state index >= 15 is 0 Å². The van der Waals surface area contributed by atoms with Crippen LogP contribution in [-0.2, 0) is 30.8 Å². The van der Waals surface area contributed by atoms with Crippen LogP contribution in [0.15, 0.2) is 71.9 Å². The van der Waals surface area contributed by atoms with Crippen LogP contribution < -0.4 is 27.0 Å². The van der Waals surface area contributed by atoms with Crippen molar-refractivity contribution in [2.75, 3.05) is 86.7 Å². The number of carbonyl (C=O) groups excluding carboxylic acids is 2. The summed E-state index contributed by atoms with van der Waals surface area (Å²) in [6, 6.07) is 12.0. The number of anilines is 4. The van der Waals surface area contributed by atoms with Crippen LogP contribution in [0.2, 0.25) is 0 Å². The average molecular weight is 864 g/mol. The van der Waals surface area contributed by atoms with Gasteiger partial charge in [-0.2, -0.15) is 10.1 Å². The number of nitrogens with zero attached hydrogens (tertiary/aromatic N) is 14. The quantitative estimate of drug-likeness (QED) is 0.169. The summed E-state index contributed by atoms with van der Waals surface area (Å²) in [5, 5.41) is 5.61. The molecule has 2 aromatic carbocycles. The molecule has 3 aliphatic heterocycles. The fraction of sp³-hybridized carbons (Fsp3) is 0.364. The Morgan fingerprint density at radius 2 is 1.47 bits per heavy atom. The van der Waals surface area contributed by atoms with E-state index in [0.717, 1.165) is 61.4 Å². The van der Waals surface area contributed by atoms with Crippen LogP contribution in [-0.4, -0.2) is 137 Å². The molecule has 2 fully saturated rings. The van der Waals surface area contributed by atoms with E-state index < -0.39 is 0 Å². The SMILES string of the molecule is NCc1cnc(N2CCN(C(=O)CCCN3CCN(c4ncc(C(=O)N5CCc6cc(Cn7nc(-c8ccc9oc(N)nc9c8)c8c(N)ncnc87)ccc6C5)cn4)CC3)CC2)nc1. The summed E-state index contributed by atoms with van der Waals surface area (Å²) in [6.07, 6.45) is 10.3. The Kier molecular flexibility index (Phi) is 11.1. The maximum Gasteiger partial charge on any atom is 0.292 e. The molecule has 6 N–H and O–H groups in total. The van der Waals surface area contributed by atoms with Crippen LogP contribution in [0.4, 0.5) is 23.7 Å². The minimum Gasteiger partial charge on any atom is -0.424 e. The monoisotopic (exact) mass is 863 g/mol. The summed E-state index contributed by atoms with van der Waals surface area (Å²) in [5.41, 5.74) is 25.8. The lowest BCUT2D eigenvalue weighted by Crippen LogP contribution is -2.49. The Hall–Kier alpha value is -7.32. The van der Waals surface area contributed by atoms with Gasteiger partial charge in [-0.3, -0.25) is 14.5 Å². The van der Waals surface area contributed by atoms with Crippen molar-refractivity contribution in [2.24, 2.45) is 5.73 Å². The van der Waals surface area contributed by atoms with E-state index in [1.807, 2.05) is 32.7 Å². The number of hydrogen-bond donors (Lipinski definition) is 3. The van der Waals surface area contributed by atoms with Gasteiger partial charge in [0.2, 0.25) is 17.8 Å². The highest BCUT2D eigenvalue weighted by Crippen LogP contribution is 2.33. The second-order valence-electron chi connectivity index (χ2n) is 16.4. The first-order valence-electron chi connectivity index (χ1n) is 21.6. The molecule has 0 aliphatic carbocycles. The lowest BCUT2D eigenvalue weighted by molar-refractivity contribution is -0.131. The first-order valence-corrected chi connectivity index (χ1v) is 21.6. The van der Waals surface area contributed by atoms with Gasteiger partial charge in [-0.1, -0.05) is 18.2 Å². The van der Waals surface area contributed by atoms with Crippen molar-refractivity contribution in [3.05, 3.63) is 95.3 Å². The van der Waals surface area contributed by atoms with E-state index in [2.05, 4.69) is 67.8 Å². The number of benzene rings is 2. The third kappa shape index (κ3) is 8.31. The molecule has 0 bridgehead atoms. The van der Waals surface area contributed by atoms with Crippen LogP contribution in [0, 0.1) is 0 Å². The van der Waals surface area contributed by atoms with Crippen molar-refractivity contribution in [1.82, 2.24) is 59.4 Å². The number of carbonyl (C=O) groups is 2. The largest absolute Gasteiger partial charge is 0.424 e. The van der Waals surface area contributed by atoms with E-state index in [1.54, 1.807) is 24.8 Å². The normalized spacial score (nSPS) is 15.9. The summed E-state index contributed by atoms with van der Waals surface area (Å²) in [7, 11) is 0. The molecule has 3 aliphatic rings. The molecule has 0 spiro atoms. The van der Waals surface area contributed by atoms with Crippen LogP contribution in [0.25, 0.3) is 33.4 Å². The second kappa shape index (κ2) is 17.4. The van der Waals surface area contributed by atoms with Gasteiger partial charge < -0.3 is 41.2 Å². The minimum absolute atomic E-state index is 0.0894. The zero-order valence-electron chi connectivity index (χ0n) is 35.4. The Morgan fingerprint density at radius 1 is 0.734 bits per heavy atom. The van der Waals surface area contributed by atoms with Gasteiger partial charge in [0, 0.05) is 114 Å². The molecule has 20 heteroatoms. The third-order valence-corrected chi connectivity index (χ3v) is 12.4. The number of oxazole rings is 1. The highest BCUT2D eigenvalue weighted by molar-refractivity contribution is 5.99. The van der Waals surface area contributed by atoms with Crippen molar-refractivity contribution in [3.63, 3.8) is 0 Å². The molecule has 20 nitrogen and oxygen atoms in total. The smallest absolute Gasteiger partial charge is 0.292 e. The van der Waals surface area contributed by atoms with Crippen LogP contribution in [0.3, 0.4) is 0 Å². The molecule has 8 heterocycles. The first kappa shape index (κ1) is 40.7. The van der Waals surface area contributed by atoms with E-state index in [9.17, 15) is 9.59 Å². The highest BCUT2D eigenvalue weighted by atomic mass is 16.4. The van der Waals surface area contributed by atoms with Crippen LogP contribution in [0.5, 0.6) is 0 Å². The van der Waals surface area contributed by atoms with Crippen molar-refractivity contribution in [2.45, 2.75) is 38.9 Å². The van der Waals surface area contributed by atoms with Crippen molar-refractivity contribution >= 4 is 57.7 Å². The second-order valence-corrected chi connectivity index (χ2v) is 16.4. The van der Waals surface area contributed by atoms with Crippen molar-refractivity contribution in [1.29, 1.82) is 0 Å². The number of nitrogen functional groups attached to an aromatic ring is 2. The summed E-state index contributed by atoms with van der Waals surface area (Å²) in [5.74, 6) is 1.75. The number of hydrogen-bond acceptors (Lipinski definition) is 17. The Bertz CT molecular complexity index is 2810.